The average Bonchev–Trinajstić information content (AvgIpc) is 3.65. The molecule has 0 N–H and O–H groups in total. The molecule has 1 aliphatic rings. The third-order valence-corrected chi connectivity index (χ3v) is 13.8. The predicted octanol–water partition coefficient (Wildman–Crippen LogP) is 17.5. The lowest BCUT2D eigenvalue weighted by atomic mass is 9.74. The Labute approximate surface area is 381 Å². The van der Waals surface area contributed by atoms with E-state index < -0.39 is 0 Å². The molecule has 12 rings (SSSR count). The van der Waals surface area contributed by atoms with Gasteiger partial charge in [-0.25, -0.2) is 0 Å². The normalized spacial score (nSPS) is 14.0. The summed E-state index contributed by atoms with van der Waals surface area (Å²) >= 11 is 0. The van der Waals surface area contributed by atoms with E-state index in [9.17, 15) is 0 Å². The second kappa shape index (κ2) is 15.8. The maximum atomic E-state index is 2.40. The Kier molecular flexibility index (Phi) is 9.35. The van der Waals surface area contributed by atoms with Crippen molar-refractivity contribution >= 4 is 38.6 Å². The summed E-state index contributed by atoms with van der Waals surface area (Å²) < 4.78 is 0. The molecular weight excluding hydrogens is 783 g/mol. The molecule has 1 nitrogen and oxygen atoms in total. The number of hydrogen-bond acceptors (Lipinski definition) is 1. The van der Waals surface area contributed by atoms with Crippen molar-refractivity contribution in [1.82, 2.24) is 0 Å². The SMILES string of the molecule is CC1(c2ccc(-c3ccccc3)cc2)c2ccccc2-c2c(-c3cccc(N(c4ccc(-c5cccc6ccccc56)cc4)c4ccc(-c5cccc6ccccc56)cc4)c3)cccc21. The van der Waals surface area contributed by atoms with Crippen LogP contribution in [0, 0.1) is 0 Å². The summed E-state index contributed by atoms with van der Waals surface area (Å²) in [7, 11) is 0. The maximum absolute atomic E-state index is 2.40. The van der Waals surface area contributed by atoms with Crippen molar-refractivity contribution in [3.05, 3.63) is 271 Å². The van der Waals surface area contributed by atoms with E-state index in [1.54, 1.807) is 0 Å². The van der Waals surface area contributed by atoms with Crippen LogP contribution in [0.5, 0.6) is 0 Å². The van der Waals surface area contributed by atoms with Crippen LogP contribution in [0.1, 0.15) is 23.6 Å². The molecule has 0 fully saturated rings. The van der Waals surface area contributed by atoms with E-state index in [0.717, 1.165) is 17.1 Å². The molecule has 1 heteroatoms. The minimum absolute atomic E-state index is 0.321. The molecule has 1 unspecified atom stereocenters. The third-order valence-electron chi connectivity index (χ3n) is 13.8. The summed E-state index contributed by atoms with van der Waals surface area (Å²) in [5, 5.41) is 5.01. The van der Waals surface area contributed by atoms with Crippen LogP contribution in [0.3, 0.4) is 0 Å². The van der Waals surface area contributed by atoms with E-state index >= 15 is 0 Å². The Morgan fingerprint density at radius 3 is 1.38 bits per heavy atom. The number of nitrogens with zero attached hydrogens (tertiary/aromatic N) is 1. The Hall–Kier alpha value is -8.26. The van der Waals surface area contributed by atoms with Crippen molar-refractivity contribution in [2.75, 3.05) is 4.90 Å². The second-order valence-electron chi connectivity index (χ2n) is 17.4. The highest BCUT2D eigenvalue weighted by Gasteiger charge is 2.41. The van der Waals surface area contributed by atoms with Crippen molar-refractivity contribution in [2.24, 2.45) is 0 Å². The number of hydrogen-bond donors (Lipinski definition) is 0. The van der Waals surface area contributed by atoms with E-state index in [4.69, 9.17) is 0 Å². The third kappa shape index (κ3) is 6.55. The summed E-state index contributed by atoms with van der Waals surface area (Å²) in [4.78, 5) is 2.40. The molecule has 0 heterocycles. The van der Waals surface area contributed by atoms with Gasteiger partial charge in [0.1, 0.15) is 0 Å². The van der Waals surface area contributed by atoms with Gasteiger partial charge < -0.3 is 4.90 Å². The Balaban J connectivity index is 0.974. The monoisotopic (exact) mass is 827 g/mol. The highest BCUT2D eigenvalue weighted by atomic mass is 15.1. The van der Waals surface area contributed by atoms with Crippen LogP contribution >= 0.6 is 0 Å². The molecule has 65 heavy (non-hydrogen) atoms. The van der Waals surface area contributed by atoms with E-state index in [1.807, 2.05) is 0 Å². The number of rotatable bonds is 8. The Bertz CT molecular complexity index is 3400. The second-order valence-corrected chi connectivity index (χ2v) is 17.4. The van der Waals surface area contributed by atoms with Gasteiger partial charge in [-0.05, 0) is 137 Å². The molecule has 11 aromatic carbocycles. The van der Waals surface area contributed by atoms with Gasteiger partial charge in [-0.2, -0.15) is 0 Å². The molecule has 0 bridgehead atoms. The van der Waals surface area contributed by atoms with Crippen LogP contribution in [0.2, 0.25) is 0 Å². The number of benzene rings is 11. The summed E-state index contributed by atoms with van der Waals surface area (Å²) in [5.41, 5.74) is 19.3. The van der Waals surface area contributed by atoms with Gasteiger partial charge in [-0.15, -0.1) is 0 Å². The van der Waals surface area contributed by atoms with Crippen molar-refractivity contribution in [2.45, 2.75) is 12.3 Å². The quantitative estimate of drug-likeness (QED) is 0.147. The van der Waals surface area contributed by atoms with Gasteiger partial charge >= 0.3 is 0 Å². The van der Waals surface area contributed by atoms with Gasteiger partial charge in [0.15, 0.2) is 0 Å². The first-order chi connectivity index (χ1) is 32.1. The van der Waals surface area contributed by atoms with Crippen molar-refractivity contribution < 1.29 is 0 Å². The fraction of sp³-hybridized carbons (Fsp3) is 0.0312. The highest BCUT2D eigenvalue weighted by molar-refractivity contribution is 5.99. The van der Waals surface area contributed by atoms with Crippen LogP contribution < -0.4 is 4.90 Å². The lowest BCUT2D eigenvalue weighted by Gasteiger charge is -2.29. The molecule has 1 atom stereocenters. The lowest BCUT2D eigenvalue weighted by Crippen LogP contribution is -2.22. The number of fused-ring (bicyclic) bond motifs is 5. The molecule has 0 spiro atoms. The first kappa shape index (κ1) is 38.4. The molecule has 1 aliphatic carbocycles. The van der Waals surface area contributed by atoms with Crippen LogP contribution in [-0.4, -0.2) is 0 Å². The molecule has 11 aromatic rings. The largest absolute Gasteiger partial charge is 0.310 e. The zero-order chi connectivity index (χ0) is 43.3. The van der Waals surface area contributed by atoms with E-state index in [2.05, 4.69) is 267 Å². The molecule has 0 saturated heterocycles. The van der Waals surface area contributed by atoms with Gasteiger partial charge in [0, 0.05) is 22.5 Å². The van der Waals surface area contributed by atoms with Gasteiger partial charge in [-0.3, -0.25) is 0 Å². The van der Waals surface area contributed by atoms with E-state index in [-0.39, 0.29) is 5.41 Å². The smallest absolute Gasteiger partial charge is 0.0467 e. The molecule has 306 valence electrons. The molecule has 0 aliphatic heterocycles. The topological polar surface area (TPSA) is 3.24 Å². The number of anilines is 3. The zero-order valence-electron chi connectivity index (χ0n) is 36.2. The van der Waals surface area contributed by atoms with Crippen LogP contribution in [0.25, 0.3) is 77.2 Å². The fourth-order valence-corrected chi connectivity index (χ4v) is 10.5. The standard InChI is InChI=1S/C64H45N/c1-64(51-37-31-45(32-38-51)44-15-3-2-4-16-44)61-29-10-9-25-60(61)63-59(28-14-30-62(63)64)50-21-11-22-54(43-50)65(52-39-33-48(34-40-52)57-26-12-19-46-17-5-7-23-55(46)57)53-41-35-49(36-42-53)58-27-13-20-47-18-6-8-24-56(47)58/h2-43H,1H3. The lowest BCUT2D eigenvalue weighted by molar-refractivity contribution is 0.714. The highest BCUT2D eigenvalue weighted by Crippen LogP contribution is 2.55. The van der Waals surface area contributed by atoms with Crippen LogP contribution in [0.4, 0.5) is 17.1 Å². The minimum atomic E-state index is -0.321. The maximum Gasteiger partial charge on any atom is 0.0467 e. The Morgan fingerprint density at radius 2 is 0.738 bits per heavy atom. The molecule has 0 radical (unpaired) electrons. The summed E-state index contributed by atoms with van der Waals surface area (Å²) in [5.74, 6) is 0. The zero-order valence-corrected chi connectivity index (χ0v) is 36.2. The van der Waals surface area contributed by atoms with Crippen LogP contribution in [0.15, 0.2) is 255 Å². The van der Waals surface area contributed by atoms with E-state index in [0.29, 0.717) is 0 Å². The van der Waals surface area contributed by atoms with Gasteiger partial charge in [0.25, 0.3) is 0 Å². The molecule has 0 amide bonds. The first-order valence-corrected chi connectivity index (χ1v) is 22.6. The van der Waals surface area contributed by atoms with Gasteiger partial charge in [0.05, 0.1) is 0 Å². The summed E-state index contributed by atoms with van der Waals surface area (Å²) in [6, 6.07) is 93.5. The summed E-state index contributed by atoms with van der Waals surface area (Å²) in [6.07, 6.45) is 0. The van der Waals surface area contributed by atoms with Gasteiger partial charge in [0.2, 0.25) is 0 Å². The molecule has 0 saturated carbocycles. The van der Waals surface area contributed by atoms with Crippen molar-refractivity contribution in [3.63, 3.8) is 0 Å². The average molecular weight is 828 g/mol. The predicted molar refractivity (Wildman–Crippen MR) is 275 cm³/mol. The minimum Gasteiger partial charge on any atom is -0.310 e. The van der Waals surface area contributed by atoms with E-state index in [1.165, 1.54) is 93.9 Å². The first-order valence-electron chi connectivity index (χ1n) is 22.6. The van der Waals surface area contributed by atoms with Crippen molar-refractivity contribution in [3.8, 4) is 55.6 Å². The molecular formula is C64H45N. The van der Waals surface area contributed by atoms with Crippen LogP contribution in [-0.2, 0) is 5.41 Å². The fourth-order valence-electron chi connectivity index (χ4n) is 10.5. The van der Waals surface area contributed by atoms with Gasteiger partial charge in [-0.1, -0.05) is 218 Å². The molecule has 0 aromatic heterocycles. The Morgan fingerprint density at radius 1 is 0.292 bits per heavy atom. The summed E-state index contributed by atoms with van der Waals surface area (Å²) in [6.45, 7) is 2.40. The van der Waals surface area contributed by atoms with Crippen molar-refractivity contribution in [1.29, 1.82) is 0 Å².